The van der Waals surface area contributed by atoms with Gasteiger partial charge in [-0.1, -0.05) is 178 Å². The van der Waals surface area contributed by atoms with Gasteiger partial charge in [0.1, 0.15) is 0 Å². The SMILES string of the molecule is CC1(C)c2ccccc2-c2ccc(-c3ccc(-c4ccc5c(c4)c4cccc(-c6cc(-c7ccccc7)nc(-c7ccccc7)n6)c4n5-c4ccccc4)cc3)cc21. The molecule has 8 aromatic carbocycles. The summed E-state index contributed by atoms with van der Waals surface area (Å²) in [5, 5.41) is 2.38. The molecule has 0 unspecified atom stereocenters. The Balaban J connectivity index is 1.04. The number of benzene rings is 8. The van der Waals surface area contributed by atoms with Crippen molar-refractivity contribution in [2.45, 2.75) is 19.3 Å². The minimum Gasteiger partial charge on any atom is -0.309 e. The summed E-state index contributed by atoms with van der Waals surface area (Å²) >= 11 is 0. The van der Waals surface area contributed by atoms with Gasteiger partial charge in [-0.05, 0) is 80.9 Å². The summed E-state index contributed by atoms with van der Waals surface area (Å²) in [6.07, 6.45) is 0. The molecule has 10 aromatic rings. The second kappa shape index (κ2) is 13.4. The van der Waals surface area contributed by atoms with E-state index in [9.17, 15) is 0 Å². The zero-order valence-electron chi connectivity index (χ0n) is 32.4. The summed E-state index contributed by atoms with van der Waals surface area (Å²) in [5.74, 6) is 0.704. The average Bonchev–Trinajstić information content (AvgIpc) is 3.75. The van der Waals surface area contributed by atoms with Crippen molar-refractivity contribution in [3.63, 3.8) is 0 Å². The average molecular weight is 742 g/mol. The summed E-state index contributed by atoms with van der Waals surface area (Å²) < 4.78 is 2.40. The molecule has 2 aromatic heterocycles. The quantitative estimate of drug-likeness (QED) is 0.170. The predicted octanol–water partition coefficient (Wildman–Crippen LogP) is 14.2. The minimum atomic E-state index is -0.0298. The minimum absolute atomic E-state index is 0.0298. The molecule has 0 aliphatic heterocycles. The van der Waals surface area contributed by atoms with Crippen molar-refractivity contribution in [1.29, 1.82) is 0 Å². The van der Waals surface area contributed by atoms with Crippen molar-refractivity contribution in [1.82, 2.24) is 14.5 Å². The van der Waals surface area contributed by atoms with Crippen LogP contribution in [0, 0.1) is 0 Å². The smallest absolute Gasteiger partial charge is 0.160 e. The van der Waals surface area contributed by atoms with E-state index in [1.54, 1.807) is 0 Å². The first-order valence-corrected chi connectivity index (χ1v) is 20.0. The van der Waals surface area contributed by atoms with Crippen molar-refractivity contribution in [2.75, 3.05) is 0 Å². The maximum atomic E-state index is 5.27. The number of hydrogen-bond acceptors (Lipinski definition) is 2. The van der Waals surface area contributed by atoms with E-state index in [2.05, 4.69) is 194 Å². The van der Waals surface area contributed by atoms with Crippen molar-refractivity contribution in [3.05, 3.63) is 211 Å². The van der Waals surface area contributed by atoms with Gasteiger partial charge in [-0.3, -0.25) is 0 Å². The summed E-state index contributed by atoms with van der Waals surface area (Å²) in [5.41, 5.74) is 18.5. The zero-order valence-corrected chi connectivity index (χ0v) is 32.4. The Morgan fingerprint density at radius 2 is 0.948 bits per heavy atom. The fourth-order valence-corrected chi connectivity index (χ4v) is 9.10. The van der Waals surface area contributed by atoms with Crippen LogP contribution < -0.4 is 0 Å². The number of aromatic nitrogens is 3. The first-order valence-electron chi connectivity index (χ1n) is 20.0. The lowest BCUT2D eigenvalue weighted by Crippen LogP contribution is -2.14. The van der Waals surface area contributed by atoms with E-state index < -0.39 is 0 Å². The van der Waals surface area contributed by atoms with E-state index in [-0.39, 0.29) is 5.41 Å². The monoisotopic (exact) mass is 741 g/mol. The molecular formula is C55H39N3. The highest BCUT2D eigenvalue weighted by atomic mass is 15.0. The maximum absolute atomic E-state index is 5.27. The van der Waals surface area contributed by atoms with Crippen LogP contribution >= 0.6 is 0 Å². The van der Waals surface area contributed by atoms with Gasteiger partial charge in [-0.15, -0.1) is 0 Å². The molecule has 3 heteroatoms. The van der Waals surface area contributed by atoms with Gasteiger partial charge in [0.25, 0.3) is 0 Å². The van der Waals surface area contributed by atoms with E-state index >= 15 is 0 Å². The predicted molar refractivity (Wildman–Crippen MR) is 241 cm³/mol. The molecule has 0 radical (unpaired) electrons. The van der Waals surface area contributed by atoms with Gasteiger partial charge in [0.2, 0.25) is 0 Å². The van der Waals surface area contributed by atoms with Crippen LogP contribution in [0.25, 0.3) is 94.8 Å². The Kier molecular flexibility index (Phi) is 7.84. The first-order chi connectivity index (χ1) is 28.5. The molecular weight excluding hydrogens is 703 g/mol. The molecule has 0 saturated heterocycles. The van der Waals surface area contributed by atoms with E-state index in [0.29, 0.717) is 5.82 Å². The van der Waals surface area contributed by atoms with Crippen LogP contribution in [0.4, 0.5) is 0 Å². The molecule has 11 rings (SSSR count). The highest BCUT2D eigenvalue weighted by molar-refractivity contribution is 6.14. The third-order valence-corrected chi connectivity index (χ3v) is 12.0. The molecule has 274 valence electrons. The number of rotatable bonds is 6. The van der Waals surface area contributed by atoms with Crippen LogP contribution in [0.2, 0.25) is 0 Å². The van der Waals surface area contributed by atoms with Crippen LogP contribution in [0.3, 0.4) is 0 Å². The normalized spacial score (nSPS) is 12.8. The largest absolute Gasteiger partial charge is 0.309 e. The van der Waals surface area contributed by atoms with Crippen LogP contribution in [-0.2, 0) is 5.41 Å². The summed E-state index contributed by atoms with van der Waals surface area (Å²) in [7, 11) is 0. The van der Waals surface area contributed by atoms with Gasteiger partial charge in [0, 0.05) is 38.6 Å². The maximum Gasteiger partial charge on any atom is 0.160 e. The van der Waals surface area contributed by atoms with Crippen LogP contribution in [0.15, 0.2) is 200 Å². The molecule has 0 saturated carbocycles. The van der Waals surface area contributed by atoms with E-state index in [0.717, 1.165) is 44.8 Å². The molecule has 3 nitrogen and oxygen atoms in total. The number of nitrogens with zero attached hydrogens (tertiary/aromatic N) is 3. The molecule has 1 aliphatic carbocycles. The van der Waals surface area contributed by atoms with Gasteiger partial charge >= 0.3 is 0 Å². The molecule has 0 bridgehead atoms. The number of fused-ring (bicyclic) bond motifs is 6. The number of para-hydroxylation sites is 2. The van der Waals surface area contributed by atoms with Gasteiger partial charge < -0.3 is 4.57 Å². The van der Waals surface area contributed by atoms with Crippen LogP contribution in [0.1, 0.15) is 25.0 Å². The Labute approximate surface area is 338 Å². The molecule has 0 spiro atoms. The number of hydrogen-bond donors (Lipinski definition) is 0. The lowest BCUT2D eigenvalue weighted by atomic mass is 9.81. The fraction of sp³-hybridized carbons (Fsp3) is 0.0545. The fourth-order valence-electron chi connectivity index (χ4n) is 9.10. The molecule has 0 atom stereocenters. The second-order valence-electron chi connectivity index (χ2n) is 15.8. The topological polar surface area (TPSA) is 30.7 Å². The third-order valence-electron chi connectivity index (χ3n) is 12.0. The van der Waals surface area contributed by atoms with Crippen molar-refractivity contribution in [3.8, 4) is 73.0 Å². The lowest BCUT2D eigenvalue weighted by Gasteiger charge is -2.22. The van der Waals surface area contributed by atoms with E-state index in [1.165, 1.54) is 55.3 Å². The molecule has 0 fully saturated rings. The highest BCUT2D eigenvalue weighted by Gasteiger charge is 2.35. The Hall–Kier alpha value is -7.36. The van der Waals surface area contributed by atoms with Gasteiger partial charge in [0.05, 0.1) is 22.4 Å². The van der Waals surface area contributed by atoms with Crippen LogP contribution in [0.5, 0.6) is 0 Å². The van der Waals surface area contributed by atoms with Gasteiger partial charge in [-0.25, -0.2) is 9.97 Å². The summed E-state index contributed by atoms with van der Waals surface area (Å²) in [6.45, 7) is 4.69. The summed E-state index contributed by atoms with van der Waals surface area (Å²) in [4.78, 5) is 10.4. The molecule has 0 amide bonds. The van der Waals surface area contributed by atoms with Crippen molar-refractivity contribution in [2.24, 2.45) is 0 Å². The Morgan fingerprint density at radius 3 is 1.69 bits per heavy atom. The first kappa shape index (κ1) is 33.9. The van der Waals surface area contributed by atoms with Crippen molar-refractivity contribution < 1.29 is 0 Å². The molecule has 58 heavy (non-hydrogen) atoms. The molecule has 1 aliphatic rings. The summed E-state index contributed by atoms with van der Waals surface area (Å²) in [6, 6.07) is 71.9. The Morgan fingerprint density at radius 1 is 0.379 bits per heavy atom. The standard InChI is InChI=1S/C55H39N3/c1-55(2)48-24-13-12-21-43(48)44-31-29-41(34-49(44)55)37-27-25-36(26-28-37)40-30-32-52-47(33-40)45-22-14-23-46(53(45)58(52)42-19-10-5-11-20-42)51-35-50(38-15-6-3-7-16-38)56-54(57-51)39-17-8-4-9-18-39/h3-35H,1-2H3. The van der Waals surface area contributed by atoms with Gasteiger partial charge in [0.15, 0.2) is 5.82 Å². The van der Waals surface area contributed by atoms with E-state index in [1.807, 2.05) is 24.3 Å². The molecule has 2 heterocycles. The second-order valence-corrected chi connectivity index (χ2v) is 15.8. The Bertz CT molecular complexity index is 3100. The van der Waals surface area contributed by atoms with E-state index in [4.69, 9.17) is 9.97 Å². The third kappa shape index (κ3) is 5.50. The molecule has 0 N–H and O–H groups in total. The van der Waals surface area contributed by atoms with Gasteiger partial charge in [-0.2, -0.15) is 0 Å². The lowest BCUT2D eigenvalue weighted by molar-refractivity contribution is 0.660. The van der Waals surface area contributed by atoms with Crippen molar-refractivity contribution >= 4 is 21.8 Å². The zero-order chi connectivity index (χ0) is 38.8. The highest BCUT2D eigenvalue weighted by Crippen LogP contribution is 2.49. The van der Waals surface area contributed by atoms with Crippen LogP contribution in [-0.4, -0.2) is 14.5 Å².